The van der Waals surface area contributed by atoms with Gasteiger partial charge in [0.2, 0.25) is 5.79 Å². The van der Waals surface area contributed by atoms with Crippen LogP contribution in [0.5, 0.6) is 11.5 Å². The van der Waals surface area contributed by atoms with Crippen LogP contribution in [0, 0.1) is 11.8 Å². The second kappa shape index (κ2) is 18.9. The Hall–Kier alpha value is -2.93. The zero-order chi connectivity index (χ0) is 38.2. The van der Waals surface area contributed by atoms with Gasteiger partial charge in [0.25, 0.3) is 0 Å². The van der Waals surface area contributed by atoms with Gasteiger partial charge in [-0.3, -0.25) is 0 Å². The Bertz CT molecular complexity index is 1400. The molecule has 9 N–H and O–H groups in total. The molecular formula is C37H54O15. The van der Waals surface area contributed by atoms with E-state index in [1.807, 2.05) is 6.92 Å². The Balaban J connectivity index is 1.49. The number of ether oxygens (including phenoxy) is 5. The first kappa shape index (κ1) is 41.8. The highest BCUT2D eigenvalue weighted by atomic mass is 16.8. The minimum Gasteiger partial charge on any atom is -0.508 e. The van der Waals surface area contributed by atoms with E-state index in [1.54, 1.807) is 12.2 Å². The van der Waals surface area contributed by atoms with E-state index >= 15 is 0 Å². The van der Waals surface area contributed by atoms with Crippen LogP contribution in [0.15, 0.2) is 48.6 Å². The highest BCUT2D eigenvalue weighted by Gasteiger charge is 2.62. The zero-order valence-electron chi connectivity index (χ0n) is 29.7. The number of aromatic hydroxyl groups is 2. The summed E-state index contributed by atoms with van der Waals surface area (Å²) in [5, 5.41) is 94.3. The number of rotatable bonds is 16. The summed E-state index contributed by atoms with van der Waals surface area (Å²) in [4.78, 5) is 13.2. The molecule has 1 aromatic rings. The molecule has 15 nitrogen and oxygen atoms in total. The van der Waals surface area contributed by atoms with Crippen molar-refractivity contribution in [3.8, 4) is 11.5 Å². The van der Waals surface area contributed by atoms with E-state index < -0.39 is 91.9 Å². The second-order valence-electron chi connectivity index (χ2n) is 13.8. The molecule has 4 rings (SSSR count). The molecule has 2 fully saturated rings. The van der Waals surface area contributed by atoms with E-state index in [4.69, 9.17) is 23.7 Å². The fourth-order valence-corrected chi connectivity index (χ4v) is 6.56. The number of carbonyl (C=O) groups is 1. The number of carbonyl (C=O) groups excluding carboxylic acids is 1. The maximum absolute atomic E-state index is 13.2. The Morgan fingerprint density at radius 2 is 1.73 bits per heavy atom. The molecule has 292 valence electrons. The molecule has 0 bridgehead atoms. The number of hydrogen-bond donors (Lipinski definition) is 9. The van der Waals surface area contributed by atoms with E-state index in [9.17, 15) is 50.8 Å². The van der Waals surface area contributed by atoms with E-state index in [0.717, 1.165) is 37.8 Å². The monoisotopic (exact) mass is 738 g/mol. The molecule has 0 unspecified atom stereocenters. The molecule has 2 saturated heterocycles. The molecule has 0 amide bonds. The molecule has 3 aliphatic heterocycles. The van der Waals surface area contributed by atoms with Gasteiger partial charge in [0, 0.05) is 12.1 Å². The van der Waals surface area contributed by atoms with Crippen LogP contribution in [0.1, 0.15) is 64.0 Å². The predicted molar refractivity (Wildman–Crippen MR) is 183 cm³/mol. The van der Waals surface area contributed by atoms with Crippen LogP contribution in [0.2, 0.25) is 0 Å². The number of phenols is 2. The largest absolute Gasteiger partial charge is 0.508 e. The molecule has 0 aromatic heterocycles. The molecule has 13 atom stereocenters. The van der Waals surface area contributed by atoms with Crippen molar-refractivity contribution in [2.24, 2.45) is 11.8 Å². The highest BCUT2D eigenvalue weighted by molar-refractivity contribution is 5.82. The van der Waals surface area contributed by atoms with Crippen LogP contribution in [0.4, 0.5) is 0 Å². The van der Waals surface area contributed by atoms with Crippen LogP contribution in [0.25, 0.3) is 0 Å². The van der Waals surface area contributed by atoms with E-state index in [-0.39, 0.29) is 29.4 Å². The summed E-state index contributed by atoms with van der Waals surface area (Å²) >= 11 is 0. The van der Waals surface area contributed by atoms with Crippen molar-refractivity contribution in [2.45, 2.75) is 126 Å². The maximum Gasteiger partial charge on any atom is 0.331 e. The van der Waals surface area contributed by atoms with Crippen LogP contribution in [-0.2, 0) is 40.9 Å². The summed E-state index contributed by atoms with van der Waals surface area (Å²) < 4.78 is 28.8. The van der Waals surface area contributed by atoms with Crippen molar-refractivity contribution in [2.75, 3.05) is 13.2 Å². The molecule has 15 heteroatoms. The number of aliphatic hydroxyl groups excluding tert-OH is 7. The molecule has 3 aliphatic rings. The Morgan fingerprint density at radius 3 is 2.42 bits per heavy atom. The summed E-state index contributed by atoms with van der Waals surface area (Å²) in [5.41, 5.74) is 0.156. The van der Waals surface area contributed by atoms with Crippen LogP contribution in [-0.4, -0.2) is 126 Å². The van der Waals surface area contributed by atoms with E-state index in [1.165, 1.54) is 12.1 Å². The van der Waals surface area contributed by atoms with Crippen molar-refractivity contribution >= 4 is 5.97 Å². The maximum atomic E-state index is 13.2. The van der Waals surface area contributed by atoms with Crippen LogP contribution in [0.3, 0.4) is 0 Å². The average Bonchev–Trinajstić information content (AvgIpc) is 3.49. The molecule has 3 heterocycles. The first-order valence-corrected chi connectivity index (χ1v) is 17.8. The fraction of sp³-hybridized carbons (Fsp3) is 0.649. The first-order chi connectivity index (χ1) is 24.8. The van der Waals surface area contributed by atoms with Crippen LogP contribution >= 0.6 is 0 Å². The lowest BCUT2D eigenvalue weighted by molar-refractivity contribution is -0.395. The summed E-state index contributed by atoms with van der Waals surface area (Å²) in [6.45, 7) is 4.44. The molecule has 0 radical (unpaired) electrons. The van der Waals surface area contributed by atoms with Crippen molar-refractivity contribution < 1.29 is 74.4 Å². The quantitative estimate of drug-likeness (QED) is 0.0376. The average molecular weight is 739 g/mol. The molecule has 52 heavy (non-hydrogen) atoms. The highest BCUT2D eigenvalue weighted by Crippen LogP contribution is 2.51. The van der Waals surface area contributed by atoms with Crippen molar-refractivity contribution in [3.05, 3.63) is 59.7 Å². The van der Waals surface area contributed by atoms with E-state index in [0.29, 0.717) is 12.3 Å². The van der Waals surface area contributed by atoms with Gasteiger partial charge in [0.05, 0.1) is 31.5 Å². The van der Waals surface area contributed by atoms with Gasteiger partial charge in [-0.2, -0.15) is 0 Å². The lowest BCUT2D eigenvalue weighted by Crippen LogP contribution is -2.67. The number of esters is 1. The Kier molecular flexibility index (Phi) is 15.2. The second-order valence-corrected chi connectivity index (χ2v) is 13.8. The molecule has 0 aliphatic carbocycles. The van der Waals surface area contributed by atoms with E-state index in [2.05, 4.69) is 26.0 Å². The number of fused-ring (bicyclic) bond motifs is 2. The number of phenolic OH excluding ortho intramolecular Hbond substituents is 2. The summed E-state index contributed by atoms with van der Waals surface area (Å²) in [5.74, 6) is -3.41. The summed E-state index contributed by atoms with van der Waals surface area (Å²) in [6.07, 6.45) is -1.72. The number of benzene rings is 1. The predicted octanol–water partition coefficient (Wildman–Crippen LogP) is 0.902. The number of hydrogen-bond acceptors (Lipinski definition) is 15. The van der Waals surface area contributed by atoms with Gasteiger partial charge in [-0.15, -0.1) is 0 Å². The summed E-state index contributed by atoms with van der Waals surface area (Å²) in [7, 11) is 0. The summed E-state index contributed by atoms with van der Waals surface area (Å²) in [6, 6.07) is 2.28. The fourth-order valence-electron chi connectivity index (χ4n) is 6.56. The zero-order valence-corrected chi connectivity index (χ0v) is 29.7. The van der Waals surface area contributed by atoms with Crippen LogP contribution < -0.4 is 0 Å². The Labute approximate surface area is 303 Å². The van der Waals surface area contributed by atoms with Crippen molar-refractivity contribution in [3.63, 3.8) is 0 Å². The number of aliphatic hydroxyl groups is 7. The van der Waals surface area contributed by atoms with Crippen molar-refractivity contribution in [1.29, 1.82) is 0 Å². The molecule has 1 spiro atoms. The smallest absolute Gasteiger partial charge is 0.331 e. The van der Waals surface area contributed by atoms with Gasteiger partial charge in [-0.25, -0.2) is 4.79 Å². The number of allylic oxidation sites excluding steroid dienone is 4. The minimum absolute atomic E-state index is 0.0596. The third-order valence-electron chi connectivity index (χ3n) is 9.92. The third-order valence-corrected chi connectivity index (χ3v) is 9.92. The van der Waals surface area contributed by atoms with Crippen molar-refractivity contribution in [1.82, 2.24) is 0 Å². The van der Waals surface area contributed by atoms with Gasteiger partial charge >= 0.3 is 5.97 Å². The molecule has 0 saturated carbocycles. The van der Waals surface area contributed by atoms with Gasteiger partial charge in [-0.05, 0) is 49.1 Å². The lowest BCUT2D eigenvalue weighted by atomic mass is 9.86. The minimum atomic E-state index is -2.22. The topological polar surface area (TPSA) is 245 Å². The SMILES string of the molecule is CC[C@@H](C)C=CCCC[C@H](C)[C@H](O)CC=CC=CC(=O)O[C@H]1[C@H](O[C@H]2O[C@@H](CO)[C@H](O)[C@@H](O)[C@@H]2O)[C@@H](CO)O[C@]2(OCc3cc(O)cc(O)c32)[C@@H]1O. The molecular weight excluding hydrogens is 684 g/mol. The Morgan fingerprint density at radius 1 is 1.00 bits per heavy atom. The third kappa shape index (κ3) is 9.59. The van der Waals surface area contributed by atoms with Gasteiger partial charge in [0.15, 0.2) is 18.5 Å². The number of unbranched alkanes of at least 4 members (excludes halogenated alkanes) is 1. The van der Waals surface area contributed by atoms with Gasteiger partial charge in [-0.1, -0.05) is 57.6 Å². The van der Waals surface area contributed by atoms with Gasteiger partial charge in [0.1, 0.15) is 48.1 Å². The first-order valence-electron chi connectivity index (χ1n) is 17.8. The normalized spacial score (nSPS) is 33.9. The lowest BCUT2D eigenvalue weighted by Gasteiger charge is -2.50. The standard InChI is InChI=1S/C37H54O15/c1-4-20(2)11-7-5-8-12-21(3)24(41)13-9-6-10-14-28(43)50-34-33(51-36-32(46)31(45)30(44)26(17-38)49-36)27(18-39)52-37(35(34)47)29-22(19-48-37)15-23(40)16-25(29)42/h6-7,9-11,14-16,20-21,24,26-27,30-36,38-42,44-47H,4-5,8,12-13,17-19H2,1-3H3/t20-,21+,24-,26+,27-,30+,31-,32+,33-,34+,35-,36-,37+/m1/s1. The van der Waals surface area contributed by atoms with Gasteiger partial charge < -0.3 is 69.6 Å². The molecule has 1 aromatic carbocycles.